The number of halogens is 2. The normalized spacial score (nSPS) is 11.5. The SMILES string of the molecule is CC[P+](Cl)(Cl)c1ccccc1. The zero-order valence-electron chi connectivity index (χ0n) is 6.30. The Morgan fingerprint density at radius 2 is 1.73 bits per heavy atom. The molecule has 0 aliphatic heterocycles. The lowest BCUT2D eigenvalue weighted by Crippen LogP contribution is -2.02. The number of hydrogen-bond donors (Lipinski definition) is 0. The van der Waals surface area contributed by atoms with Gasteiger partial charge in [0.05, 0.1) is 6.16 Å². The van der Waals surface area contributed by atoms with Crippen LogP contribution in [0.5, 0.6) is 0 Å². The Morgan fingerprint density at radius 3 is 2.18 bits per heavy atom. The van der Waals surface area contributed by atoms with Gasteiger partial charge in [-0.25, -0.2) is 0 Å². The van der Waals surface area contributed by atoms with Crippen LogP contribution in [-0.4, -0.2) is 6.16 Å². The molecule has 1 rings (SSSR count). The van der Waals surface area contributed by atoms with Crippen molar-refractivity contribution in [2.75, 3.05) is 6.16 Å². The third-order valence-electron chi connectivity index (χ3n) is 1.53. The molecule has 0 aliphatic carbocycles. The fourth-order valence-corrected chi connectivity index (χ4v) is 2.48. The molecule has 0 aromatic heterocycles. The van der Waals surface area contributed by atoms with Crippen LogP contribution in [0.3, 0.4) is 0 Å². The van der Waals surface area contributed by atoms with Gasteiger partial charge >= 0.3 is 0 Å². The maximum atomic E-state index is 6.12. The standard InChI is InChI=1S/C8H10Cl2P/c1-2-11(9,10)8-6-4-3-5-7-8/h3-7H,2H2,1H3/q+1. The van der Waals surface area contributed by atoms with E-state index in [2.05, 4.69) is 0 Å². The lowest BCUT2D eigenvalue weighted by Gasteiger charge is -2.05. The first-order chi connectivity index (χ1) is 5.17. The summed E-state index contributed by atoms with van der Waals surface area (Å²) < 4.78 is 0. The highest BCUT2D eigenvalue weighted by Gasteiger charge is 2.34. The van der Waals surface area contributed by atoms with Gasteiger partial charge in [0.2, 0.25) is 5.97 Å². The van der Waals surface area contributed by atoms with E-state index >= 15 is 0 Å². The Balaban J connectivity index is 2.93. The lowest BCUT2D eigenvalue weighted by molar-refractivity contribution is 1.51. The summed E-state index contributed by atoms with van der Waals surface area (Å²) in [7, 11) is 0. The summed E-state index contributed by atoms with van der Waals surface area (Å²) in [5.74, 6) is -1.83. The van der Waals surface area contributed by atoms with E-state index in [0.29, 0.717) is 0 Å². The summed E-state index contributed by atoms with van der Waals surface area (Å²) in [4.78, 5) is 0. The van der Waals surface area contributed by atoms with Crippen LogP contribution in [0.15, 0.2) is 30.3 Å². The maximum Gasteiger partial charge on any atom is 0.243 e. The van der Waals surface area contributed by atoms with E-state index in [4.69, 9.17) is 22.5 Å². The van der Waals surface area contributed by atoms with E-state index in [0.717, 1.165) is 11.5 Å². The van der Waals surface area contributed by atoms with E-state index in [9.17, 15) is 0 Å². The van der Waals surface area contributed by atoms with E-state index in [1.54, 1.807) is 0 Å². The number of hydrogen-bond acceptors (Lipinski definition) is 0. The van der Waals surface area contributed by atoms with Gasteiger partial charge in [-0.15, -0.1) is 0 Å². The van der Waals surface area contributed by atoms with Crippen molar-refractivity contribution in [2.45, 2.75) is 6.92 Å². The van der Waals surface area contributed by atoms with Crippen LogP contribution in [-0.2, 0) is 0 Å². The summed E-state index contributed by atoms with van der Waals surface area (Å²) in [6.07, 6.45) is 0.833. The van der Waals surface area contributed by atoms with Gasteiger partial charge in [0.25, 0.3) is 0 Å². The first kappa shape index (κ1) is 9.32. The quantitative estimate of drug-likeness (QED) is 0.650. The van der Waals surface area contributed by atoms with Crippen molar-refractivity contribution < 1.29 is 0 Å². The van der Waals surface area contributed by atoms with Crippen molar-refractivity contribution in [1.29, 1.82) is 0 Å². The summed E-state index contributed by atoms with van der Waals surface area (Å²) in [5, 5.41) is 1.07. The summed E-state index contributed by atoms with van der Waals surface area (Å²) in [6, 6.07) is 9.86. The first-order valence-electron chi connectivity index (χ1n) is 3.50. The minimum absolute atomic E-state index is 0.833. The first-order valence-corrected chi connectivity index (χ1v) is 7.28. The Hall–Kier alpha value is 0.230. The third-order valence-corrected chi connectivity index (χ3v) is 5.98. The van der Waals surface area contributed by atoms with Crippen molar-refractivity contribution >= 4 is 33.8 Å². The molecular formula is C8H10Cl2P+. The van der Waals surface area contributed by atoms with Gasteiger partial charge in [-0.05, 0) is 19.1 Å². The van der Waals surface area contributed by atoms with Crippen LogP contribution >= 0.6 is 28.4 Å². The zero-order chi connectivity index (χ0) is 8.32. The van der Waals surface area contributed by atoms with Crippen LogP contribution in [0.25, 0.3) is 0 Å². The average molecular weight is 208 g/mol. The van der Waals surface area contributed by atoms with Crippen molar-refractivity contribution in [3.8, 4) is 0 Å². The number of rotatable bonds is 2. The smallest absolute Gasteiger partial charge is 0.0620 e. The second-order valence-electron chi connectivity index (χ2n) is 2.28. The van der Waals surface area contributed by atoms with Gasteiger partial charge in [-0.1, -0.05) is 18.2 Å². The molecule has 0 heterocycles. The van der Waals surface area contributed by atoms with E-state index in [1.165, 1.54) is 0 Å². The molecule has 11 heavy (non-hydrogen) atoms. The summed E-state index contributed by atoms with van der Waals surface area (Å²) >= 11 is 12.2. The predicted octanol–water partition coefficient (Wildman–Crippen LogP) is 3.66. The summed E-state index contributed by atoms with van der Waals surface area (Å²) in [6.45, 7) is 2.01. The fraction of sp³-hybridized carbons (Fsp3) is 0.250. The highest BCUT2D eigenvalue weighted by Crippen LogP contribution is 2.67. The largest absolute Gasteiger partial charge is 0.243 e. The monoisotopic (exact) mass is 207 g/mol. The van der Waals surface area contributed by atoms with Crippen LogP contribution in [0.2, 0.25) is 0 Å². The molecule has 1 aromatic rings. The molecule has 1 aromatic carbocycles. The molecule has 0 amide bonds. The molecule has 0 saturated carbocycles. The predicted molar refractivity (Wildman–Crippen MR) is 55.2 cm³/mol. The summed E-state index contributed by atoms with van der Waals surface area (Å²) in [5.41, 5.74) is 0. The minimum atomic E-state index is -1.83. The maximum absolute atomic E-state index is 6.12. The van der Waals surface area contributed by atoms with Gasteiger partial charge in [-0.2, -0.15) is 0 Å². The lowest BCUT2D eigenvalue weighted by atomic mass is 10.4. The van der Waals surface area contributed by atoms with Crippen molar-refractivity contribution in [2.24, 2.45) is 0 Å². The van der Waals surface area contributed by atoms with Crippen LogP contribution in [0.1, 0.15) is 6.92 Å². The molecule has 0 N–H and O–H groups in total. The van der Waals surface area contributed by atoms with Crippen LogP contribution in [0, 0.1) is 0 Å². The molecule has 0 unspecified atom stereocenters. The van der Waals surface area contributed by atoms with Gasteiger partial charge in [0.15, 0.2) is 0 Å². The molecular weight excluding hydrogens is 198 g/mol. The van der Waals surface area contributed by atoms with Gasteiger partial charge in [0, 0.05) is 0 Å². The van der Waals surface area contributed by atoms with Gasteiger partial charge < -0.3 is 0 Å². The molecule has 0 atom stereocenters. The van der Waals surface area contributed by atoms with Crippen LogP contribution < -0.4 is 5.30 Å². The minimum Gasteiger partial charge on any atom is -0.0620 e. The molecule has 0 fully saturated rings. The van der Waals surface area contributed by atoms with Crippen molar-refractivity contribution in [3.05, 3.63) is 30.3 Å². The van der Waals surface area contributed by atoms with Gasteiger partial charge in [0.1, 0.15) is 27.8 Å². The van der Waals surface area contributed by atoms with Crippen LogP contribution in [0.4, 0.5) is 0 Å². The molecule has 0 spiro atoms. The molecule has 0 nitrogen and oxygen atoms in total. The van der Waals surface area contributed by atoms with Crippen molar-refractivity contribution in [1.82, 2.24) is 0 Å². The third kappa shape index (κ3) is 2.33. The van der Waals surface area contributed by atoms with E-state index in [-0.39, 0.29) is 0 Å². The topological polar surface area (TPSA) is 0 Å². The second-order valence-corrected chi connectivity index (χ2v) is 8.67. The Bertz CT molecular complexity index is 221. The Morgan fingerprint density at radius 1 is 1.18 bits per heavy atom. The molecule has 0 radical (unpaired) electrons. The Kier molecular flexibility index (Phi) is 3.18. The van der Waals surface area contributed by atoms with Gasteiger partial charge in [-0.3, -0.25) is 0 Å². The molecule has 0 saturated heterocycles. The highest BCUT2D eigenvalue weighted by atomic mass is 35.9. The number of benzene rings is 1. The molecule has 60 valence electrons. The molecule has 0 aliphatic rings. The average Bonchev–Trinajstić information content (AvgIpc) is 2.06. The highest BCUT2D eigenvalue weighted by molar-refractivity contribution is 8.21. The Labute approximate surface area is 77.4 Å². The van der Waals surface area contributed by atoms with E-state index < -0.39 is 5.97 Å². The van der Waals surface area contributed by atoms with Crippen molar-refractivity contribution in [3.63, 3.8) is 0 Å². The second kappa shape index (κ2) is 3.76. The zero-order valence-corrected chi connectivity index (χ0v) is 8.70. The molecule has 3 heteroatoms. The van der Waals surface area contributed by atoms with E-state index in [1.807, 2.05) is 37.3 Å². The molecule has 0 bridgehead atoms. The fourth-order valence-electron chi connectivity index (χ4n) is 0.829.